The SMILES string of the molecule is Fc1cccc(-c2cc3c(Cl)nccn3n2)c1. The Morgan fingerprint density at radius 1 is 1.24 bits per heavy atom. The van der Waals surface area contributed by atoms with E-state index < -0.39 is 0 Å². The van der Waals surface area contributed by atoms with E-state index >= 15 is 0 Å². The third-order valence-corrected chi connectivity index (χ3v) is 2.75. The molecular formula is C12H7ClFN3. The van der Waals surface area contributed by atoms with E-state index in [4.69, 9.17) is 11.6 Å². The zero-order valence-electron chi connectivity index (χ0n) is 8.64. The van der Waals surface area contributed by atoms with Crippen molar-refractivity contribution in [2.75, 3.05) is 0 Å². The zero-order valence-corrected chi connectivity index (χ0v) is 9.39. The number of benzene rings is 1. The van der Waals surface area contributed by atoms with Crippen molar-refractivity contribution in [2.45, 2.75) is 0 Å². The fourth-order valence-electron chi connectivity index (χ4n) is 1.68. The van der Waals surface area contributed by atoms with Crippen LogP contribution in [0.1, 0.15) is 0 Å². The van der Waals surface area contributed by atoms with Crippen molar-refractivity contribution >= 4 is 17.1 Å². The molecule has 0 unspecified atom stereocenters. The predicted molar refractivity (Wildman–Crippen MR) is 63.4 cm³/mol. The maximum Gasteiger partial charge on any atom is 0.154 e. The molecule has 3 nitrogen and oxygen atoms in total. The molecule has 0 saturated carbocycles. The summed E-state index contributed by atoms with van der Waals surface area (Å²) < 4.78 is 14.7. The lowest BCUT2D eigenvalue weighted by Crippen LogP contribution is -1.88. The van der Waals surface area contributed by atoms with Crippen molar-refractivity contribution in [2.24, 2.45) is 0 Å². The number of nitrogens with zero attached hydrogens (tertiary/aromatic N) is 3. The van der Waals surface area contributed by atoms with Gasteiger partial charge in [-0.2, -0.15) is 5.10 Å². The standard InChI is InChI=1S/C12H7ClFN3/c13-12-11-7-10(16-17(11)5-4-15-12)8-2-1-3-9(14)6-8/h1-7H. The first-order valence-electron chi connectivity index (χ1n) is 5.00. The average molecular weight is 248 g/mol. The lowest BCUT2D eigenvalue weighted by atomic mass is 10.1. The van der Waals surface area contributed by atoms with E-state index in [0.29, 0.717) is 21.9 Å². The van der Waals surface area contributed by atoms with E-state index in [1.165, 1.54) is 12.1 Å². The van der Waals surface area contributed by atoms with Gasteiger partial charge in [-0.15, -0.1) is 0 Å². The number of halogens is 2. The average Bonchev–Trinajstić information content (AvgIpc) is 2.74. The fourth-order valence-corrected chi connectivity index (χ4v) is 1.88. The predicted octanol–water partition coefficient (Wildman–Crippen LogP) is 3.19. The highest BCUT2D eigenvalue weighted by Crippen LogP contribution is 2.23. The Hall–Kier alpha value is -1.94. The first kappa shape index (κ1) is 10.2. The second kappa shape index (κ2) is 3.82. The second-order valence-electron chi connectivity index (χ2n) is 3.59. The summed E-state index contributed by atoms with van der Waals surface area (Å²) in [6, 6.07) is 8.06. The van der Waals surface area contributed by atoms with E-state index in [2.05, 4.69) is 10.1 Å². The van der Waals surface area contributed by atoms with E-state index in [1.54, 1.807) is 35.1 Å². The van der Waals surface area contributed by atoms with Gasteiger partial charge < -0.3 is 0 Å². The summed E-state index contributed by atoms with van der Waals surface area (Å²) >= 11 is 5.94. The van der Waals surface area contributed by atoms with Crippen LogP contribution in [0.5, 0.6) is 0 Å². The summed E-state index contributed by atoms with van der Waals surface area (Å²) in [4.78, 5) is 3.96. The highest BCUT2D eigenvalue weighted by Gasteiger charge is 2.07. The van der Waals surface area contributed by atoms with Gasteiger partial charge in [-0.25, -0.2) is 13.9 Å². The van der Waals surface area contributed by atoms with Crippen molar-refractivity contribution in [1.29, 1.82) is 0 Å². The molecular weight excluding hydrogens is 241 g/mol. The Morgan fingerprint density at radius 2 is 2.12 bits per heavy atom. The first-order chi connectivity index (χ1) is 8.24. The van der Waals surface area contributed by atoms with Gasteiger partial charge in [-0.05, 0) is 18.2 Å². The Labute approximate surface area is 101 Å². The van der Waals surface area contributed by atoms with Crippen LogP contribution < -0.4 is 0 Å². The molecule has 17 heavy (non-hydrogen) atoms. The molecule has 0 spiro atoms. The van der Waals surface area contributed by atoms with Crippen LogP contribution in [0.2, 0.25) is 5.15 Å². The summed E-state index contributed by atoms with van der Waals surface area (Å²) in [6.07, 6.45) is 3.27. The van der Waals surface area contributed by atoms with Crippen molar-refractivity contribution in [1.82, 2.24) is 14.6 Å². The third-order valence-electron chi connectivity index (χ3n) is 2.46. The van der Waals surface area contributed by atoms with Gasteiger partial charge in [0.1, 0.15) is 11.3 Å². The Balaban J connectivity index is 2.22. The van der Waals surface area contributed by atoms with Crippen LogP contribution in [-0.4, -0.2) is 14.6 Å². The minimum atomic E-state index is -0.288. The summed E-state index contributed by atoms with van der Waals surface area (Å²) in [5.74, 6) is -0.288. The quantitative estimate of drug-likeness (QED) is 0.661. The first-order valence-corrected chi connectivity index (χ1v) is 5.38. The van der Waals surface area contributed by atoms with Crippen LogP contribution in [0.15, 0.2) is 42.7 Å². The maximum absolute atomic E-state index is 13.1. The molecule has 3 aromatic rings. The molecule has 0 fully saturated rings. The van der Waals surface area contributed by atoms with E-state index in [1.807, 2.05) is 0 Å². The largest absolute Gasteiger partial charge is 0.241 e. The minimum absolute atomic E-state index is 0.288. The smallest absolute Gasteiger partial charge is 0.154 e. The molecule has 0 aliphatic heterocycles. The molecule has 0 aliphatic rings. The van der Waals surface area contributed by atoms with Crippen LogP contribution in [0.4, 0.5) is 4.39 Å². The second-order valence-corrected chi connectivity index (χ2v) is 3.95. The lowest BCUT2D eigenvalue weighted by molar-refractivity contribution is 0.628. The normalized spacial score (nSPS) is 10.9. The molecule has 0 radical (unpaired) electrons. The van der Waals surface area contributed by atoms with Gasteiger partial charge in [0.05, 0.1) is 5.69 Å². The van der Waals surface area contributed by atoms with Gasteiger partial charge in [0, 0.05) is 18.0 Å². The number of fused-ring (bicyclic) bond motifs is 1. The molecule has 0 amide bonds. The molecule has 5 heteroatoms. The lowest BCUT2D eigenvalue weighted by Gasteiger charge is -1.94. The van der Waals surface area contributed by atoms with Crippen molar-refractivity contribution in [3.63, 3.8) is 0 Å². The van der Waals surface area contributed by atoms with Gasteiger partial charge in [0.15, 0.2) is 5.15 Å². The van der Waals surface area contributed by atoms with Crippen molar-refractivity contribution in [3.8, 4) is 11.3 Å². The topological polar surface area (TPSA) is 30.2 Å². The van der Waals surface area contributed by atoms with Crippen LogP contribution >= 0.6 is 11.6 Å². The molecule has 0 N–H and O–H groups in total. The van der Waals surface area contributed by atoms with Gasteiger partial charge in [-0.1, -0.05) is 23.7 Å². The van der Waals surface area contributed by atoms with Crippen LogP contribution in [0.25, 0.3) is 16.8 Å². The summed E-state index contributed by atoms with van der Waals surface area (Å²) in [5.41, 5.74) is 2.08. The number of hydrogen-bond donors (Lipinski definition) is 0. The maximum atomic E-state index is 13.1. The monoisotopic (exact) mass is 247 g/mol. The molecule has 84 valence electrons. The van der Waals surface area contributed by atoms with Gasteiger partial charge in [-0.3, -0.25) is 0 Å². The van der Waals surface area contributed by atoms with E-state index in [9.17, 15) is 4.39 Å². The number of hydrogen-bond acceptors (Lipinski definition) is 2. The molecule has 3 rings (SSSR count). The van der Waals surface area contributed by atoms with Gasteiger partial charge in [0.25, 0.3) is 0 Å². The molecule has 0 aliphatic carbocycles. The molecule has 2 heterocycles. The molecule has 0 atom stereocenters. The molecule has 1 aromatic carbocycles. The van der Waals surface area contributed by atoms with Crippen LogP contribution in [0.3, 0.4) is 0 Å². The zero-order chi connectivity index (χ0) is 11.8. The number of rotatable bonds is 1. The highest BCUT2D eigenvalue weighted by atomic mass is 35.5. The molecule has 0 bridgehead atoms. The summed E-state index contributed by atoms with van der Waals surface area (Å²) in [5, 5.41) is 4.69. The highest BCUT2D eigenvalue weighted by molar-refractivity contribution is 6.32. The van der Waals surface area contributed by atoms with Gasteiger partial charge in [0.2, 0.25) is 0 Å². The number of aromatic nitrogens is 3. The third kappa shape index (κ3) is 1.76. The Morgan fingerprint density at radius 3 is 2.88 bits per heavy atom. The Kier molecular flexibility index (Phi) is 2.30. The van der Waals surface area contributed by atoms with Crippen LogP contribution in [-0.2, 0) is 0 Å². The fraction of sp³-hybridized carbons (Fsp3) is 0. The van der Waals surface area contributed by atoms with Gasteiger partial charge >= 0.3 is 0 Å². The van der Waals surface area contributed by atoms with Crippen LogP contribution in [0, 0.1) is 5.82 Å². The van der Waals surface area contributed by atoms with E-state index in [-0.39, 0.29) is 5.82 Å². The summed E-state index contributed by atoms with van der Waals surface area (Å²) in [7, 11) is 0. The molecule has 0 saturated heterocycles. The Bertz CT molecular complexity index is 693. The molecule has 2 aromatic heterocycles. The van der Waals surface area contributed by atoms with E-state index in [0.717, 1.165) is 0 Å². The minimum Gasteiger partial charge on any atom is -0.241 e. The van der Waals surface area contributed by atoms with Crippen molar-refractivity contribution < 1.29 is 4.39 Å². The summed E-state index contributed by atoms with van der Waals surface area (Å²) in [6.45, 7) is 0. The van der Waals surface area contributed by atoms with Crippen molar-refractivity contribution in [3.05, 3.63) is 53.7 Å².